The van der Waals surface area contributed by atoms with Gasteiger partial charge in [-0.3, -0.25) is 0 Å². The minimum atomic E-state index is -3.88. The first-order chi connectivity index (χ1) is 27.8. The number of aryl methyl sites for hydroxylation is 1. The Morgan fingerprint density at radius 3 is 2.14 bits per heavy atom. The second-order valence-corrected chi connectivity index (χ2v) is 24.8. The lowest BCUT2D eigenvalue weighted by Gasteiger charge is -2.50. The van der Waals surface area contributed by atoms with Crippen LogP contribution in [0, 0.1) is 12.8 Å². The normalized spacial score (nSPS) is 22.8. The summed E-state index contributed by atoms with van der Waals surface area (Å²) in [6.45, 7) is 20.6. The predicted molar refractivity (Wildman–Crippen MR) is 233 cm³/mol. The van der Waals surface area contributed by atoms with Gasteiger partial charge in [0, 0.05) is 52.3 Å². The number of sulfonamides is 1. The third-order valence-electron chi connectivity index (χ3n) is 12.6. The Labute approximate surface area is 349 Å². The minimum Gasteiger partial charge on any atom is -0.490 e. The van der Waals surface area contributed by atoms with Crippen molar-refractivity contribution >= 4 is 24.0 Å². The Balaban J connectivity index is 1.36. The molecule has 3 aromatic carbocycles. The van der Waals surface area contributed by atoms with Crippen LogP contribution in [0.5, 0.6) is 5.75 Å². The van der Waals surface area contributed by atoms with Gasteiger partial charge in [-0.05, 0) is 77.3 Å². The van der Waals surface area contributed by atoms with Crippen LogP contribution >= 0.6 is 0 Å². The number of ether oxygens (including phenoxy) is 5. The van der Waals surface area contributed by atoms with Gasteiger partial charge in [-0.2, -0.15) is 4.31 Å². The van der Waals surface area contributed by atoms with Crippen molar-refractivity contribution in [1.29, 1.82) is 0 Å². The maximum absolute atomic E-state index is 14.6. The molecule has 58 heavy (non-hydrogen) atoms. The third kappa shape index (κ3) is 10.2. The minimum absolute atomic E-state index is 0.199. The van der Waals surface area contributed by atoms with E-state index in [4.69, 9.17) is 28.1 Å². The molecule has 6 rings (SSSR count). The second-order valence-electron chi connectivity index (χ2n) is 17.5. The SMILES string of the molecule is COCCCN1CCOc2ccc(CO[C@H]3CN(S(=O)(=O)c4ccc(C)cc4)C[C@@H](O[Si](C(C)C)(C(C)C)C(C)C)[C@@H]3c3ccc(COC[C@@H]4C[C@@H]4OC)cc3)cc21. The van der Waals surface area contributed by atoms with Crippen LogP contribution in [0.2, 0.25) is 16.6 Å². The summed E-state index contributed by atoms with van der Waals surface area (Å²) < 4.78 is 68.4. The number of benzene rings is 3. The highest BCUT2D eigenvalue weighted by molar-refractivity contribution is 7.89. The first-order valence-corrected chi connectivity index (χ1v) is 24.9. The molecule has 2 aliphatic heterocycles. The fourth-order valence-electron chi connectivity index (χ4n) is 9.46. The van der Waals surface area contributed by atoms with Gasteiger partial charge in [-0.15, -0.1) is 0 Å². The largest absolute Gasteiger partial charge is 0.490 e. The summed E-state index contributed by atoms with van der Waals surface area (Å²) >= 11 is 0. The maximum Gasteiger partial charge on any atom is 0.243 e. The van der Waals surface area contributed by atoms with Crippen molar-refractivity contribution in [3.05, 3.63) is 89.0 Å². The van der Waals surface area contributed by atoms with Gasteiger partial charge in [0.05, 0.1) is 55.3 Å². The molecule has 3 aliphatic rings. The van der Waals surface area contributed by atoms with E-state index in [1.807, 2.05) is 25.1 Å². The van der Waals surface area contributed by atoms with E-state index in [2.05, 4.69) is 82.8 Å². The summed E-state index contributed by atoms with van der Waals surface area (Å²) in [5.74, 6) is 1.11. The van der Waals surface area contributed by atoms with Crippen molar-refractivity contribution < 1.29 is 36.5 Å². The Bertz CT molecular complexity index is 1850. The highest BCUT2D eigenvalue weighted by Gasteiger charge is 2.51. The van der Waals surface area contributed by atoms with Crippen molar-refractivity contribution in [1.82, 2.24) is 4.31 Å². The highest BCUT2D eigenvalue weighted by atomic mass is 32.2. The molecule has 3 aromatic rings. The monoisotopic (exact) mass is 836 g/mol. The lowest BCUT2D eigenvalue weighted by molar-refractivity contribution is -0.0504. The molecule has 5 atom stereocenters. The number of anilines is 1. The summed E-state index contributed by atoms with van der Waals surface area (Å²) in [4.78, 5) is 2.63. The summed E-state index contributed by atoms with van der Waals surface area (Å²) in [5.41, 5.74) is 6.16. The van der Waals surface area contributed by atoms with E-state index in [9.17, 15) is 8.42 Å². The molecule has 0 aromatic heterocycles. The van der Waals surface area contributed by atoms with Crippen molar-refractivity contribution in [3.8, 4) is 5.75 Å². The molecule has 12 heteroatoms. The van der Waals surface area contributed by atoms with Gasteiger partial charge in [-0.1, -0.05) is 89.6 Å². The number of rotatable bonds is 20. The van der Waals surface area contributed by atoms with E-state index >= 15 is 0 Å². The van der Waals surface area contributed by atoms with Gasteiger partial charge in [0.1, 0.15) is 12.4 Å². The molecular weight excluding hydrogens is 769 g/mol. The predicted octanol–water partition coefficient (Wildman–Crippen LogP) is 8.72. The number of nitrogens with zero attached hydrogens (tertiary/aromatic N) is 2. The zero-order valence-electron chi connectivity index (χ0n) is 36.3. The number of hydrogen-bond donors (Lipinski definition) is 0. The number of hydrogen-bond acceptors (Lipinski definition) is 9. The highest BCUT2D eigenvalue weighted by Crippen LogP contribution is 2.47. The zero-order chi connectivity index (χ0) is 41.6. The molecule has 1 saturated heterocycles. The van der Waals surface area contributed by atoms with Crippen molar-refractivity contribution in [3.63, 3.8) is 0 Å². The van der Waals surface area contributed by atoms with Gasteiger partial charge in [0.25, 0.3) is 0 Å². The second kappa shape index (κ2) is 19.7. The average Bonchev–Trinajstić information content (AvgIpc) is 3.97. The van der Waals surface area contributed by atoms with Gasteiger partial charge >= 0.3 is 0 Å². The molecule has 10 nitrogen and oxygen atoms in total. The lowest BCUT2D eigenvalue weighted by atomic mass is 9.85. The molecular formula is C46H68N2O8SSi. The first-order valence-electron chi connectivity index (χ1n) is 21.3. The Kier molecular flexibility index (Phi) is 15.2. The summed E-state index contributed by atoms with van der Waals surface area (Å²) in [6, 6.07) is 22.0. The van der Waals surface area contributed by atoms with Crippen molar-refractivity contribution in [2.45, 2.75) is 120 Å². The quantitative estimate of drug-likeness (QED) is 0.0819. The van der Waals surface area contributed by atoms with Crippen LogP contribution in [0.25, 0.3) is 0 Å². The van der Waals surface area contributed by atoms with Crippen molar-refractivity contribution in [2.75, 3.05) is 65.1 Å². The molecule has 1 saturated carbocycles. The molecule has 0 bridgehead atoms. The van der Waals surface area contributed by atoms with E-state index in [0.717, 1.165) is 59.6 Å². The molecule has 2 fully saturated rings. The molecule has 1 aliphatic carbocycles. The van der Waals surface area contributed by atoms with Gasteiger partial charge in [0.2, 0.25) is 18.3 Å². The summed E-state index contributed by atoms with van der Waals surface area (Å²) in [6.07, 6.45) is 1.35. The molecule has 0 N–H and O–H groups in total. The first kappa shape index (κ1) is 44.7. The van der Waals surface area contributed by atoms with Crippen molar-refractivity contribution in [2.24, 2.45) is 5.92 Å². The van der Waals surface area contributed by atoms with Crippen LogP contribution in [0.4, 0.5) is 5.69 Å². The molecule has 0 radical (unpaired) electrons. The Morgan fingerprint density at radius 2 is 1.50 bits per heavy atom. The molecule has 0 amide bonds. The smallest absolute Gasteiger partial charge is 0.243 e. The van der Waals surface area contributed by atoms with Crippen LogP contribution in [0.15, 0.2) is 71.6 Å². The number of fused-ring (bicyclic) bond motifs is 1. The lowest BCUT2D eigenvalue weighted by Crippen LogP contribution is -2.59. The van der Waals surface area contributed by atoms with Crippen LogP contribution < -0.4 is 9.64 Å². The molecule has 0 spiro atoms. The fraction of sp³-hybridized carbons (Fsp3) is 0.609. The topological polar surface area (TPSA) is 96.0 Å². The van der Waals surface area contributed by atoms with E-state index in [-0.39, 0.29) is 23.9 Å². The fourth-order valence-corrected chi connectivity index (χ4v) is 16.5. The van der Waals surface area contributed by atoms with Crippen LogP contribution in [0.1, 0.15) is 82.6 Å². The van der Waals surface area contributed by atoms with Crippen LogP contribution in [0.3, 0.4) is 0 Å². The summed E-state index contributed by atoms with van der Waals surface area (Å²) in [5, 5.41) is 0. The van der Waals surface area contributed by atoms with E-state index in [1.54, 1.807) is 30.7 Å². The van der Waals surface area contributed by atoms with E-state index in [0.29, 0.717) is 61.7 Å². The molecule has 2 heterocycles. The van der Waals surface area contributed by atoms with Crippen LogP contribution in [-0.4, -0.2) is 99.6 Å². The average molecular weight is 837 g/mol. The van der Waals surface area contributed by atoms with E-state index < -0.39 is 30.5 Å². The Morgan fingerprint density at radius 1 is 0.828 bits per heavy atom. The van der Waals surface area contributed by atoms with E-state index in [1.165, 1.54) is 0 Å². The standard InChI is InChI=1S/C46H68N2O8SSi/c1-32(2)58(33(3)4,34(5)6)56-45-28-48(57(49,50)40-18-11-35(7)12-19-40)27-44(46(45)38-16-13-36(14-17-38)29-53-31-39-26-43(39)52-9)55-30-37-15-20-42-41(25-37)47(22-24-54-42)21-10-23-51-8/h11-20,25,32-34,39,43-46H,10,21-24,26-31H2,1-9H3/t39-,43-,44-,45+,46+/m0/s1. The van der Waals surface area contributed by atoms with Gasteiger partial charge < -0.3 is 33.0 Å². The number of methoxy groups -OCH3 is 2. The third-order valence-corrected chi connectivity index (χ3v) is 20.6. The molecule has 320 valence electrons. The van der Waals surface area contributed by atoms with Gasteiger partial charge in [0.15, 0.2) is 0 Å². The van der Waals surface area contributed by atoms with Crippen LogP contribution in [-0.2, 0) is 46.6 Å². The summed E-state index contributed by atoms with van der Waals surface area (Å²) in [7, 11) is -2.88. The maximum atomic E-state index is 14.6. The molecule has 0 unspecified atom stereocenters. The number of piperidine rings is 1. The zero-order valence-corrected chi connectivity index (χ0v) is 38.1. The Hall–Kier alpha value is -2.81. The van der Waals surface area contributed by atoms with Gasteiger partial charge in [-0.25, -0.2) is 8.42 Å².